The predicted octanol–water partition coefficient (Wildman–Crippen LogP) is 2.84. The Bertz CT molecular complexity index is 543. The monoisotopic (exact) mass is 261 g/mol. The third kappa shape index (κ3) is 1.91. The second kappa shape index (κ2) is 4.37. The van der Waals surface area contributed by atoms with E-state index in [1.54, 1.807) is 18.4 Å². The van der Waals surface area contributed by atoms with Gasteiger partial charge in [0, 0.05) is 16.4 Å². The van der Waals surface area contributed by atoms with Crippen molar-refractivity contribution < 1.29 is 9.84 Å². The first-order valence-electron chi connectivity index (χ1n) is 5.99. The molecule has 18 heavy (non-hydrogen) atoms. The molecule has 0 bridgehead atoms. The largest absolute Gasteiger partial charge is 0.497 e. The first kappa shape index (κ1) is 11.7. The molecule has 2 aromatic rings. The molecular formula is C14H15NO2S. The molecule has 1 heterocycles. The number of aliphatic hydroxyl groups excluding tert-OH is 1. The van der Waals surface area contributed by atoms with E-state index in [0.717, 1.165) is 34.9 Å². The minimum Gasteiger partial charge on any atom is -0.497 e. The molecule has 1 aromatic heterocycles. The summed E-state index contributed by atoms with van der Waals surface area (Å²) in [4.78, 5) is 4.66. The molecule has 3 nitrogen and oxygen atoms in total. The van der Waals surface area contributed by atoms with Crippen molar-refractivity contribution in [3.63, 3.8) is 0 Å². The maximum Gasteiger partial charge on any atom is 0.118 e. The third-order valence-electron chi connectivity index (χ3n) is 3.50. The summed E-state index contributed by atoms with van der Waals surface area (Å²) in [6.45, 7) is 0.211. The summed E-state index contributed by atoms with van der Waals surface area (Å²) in [6.07, 6.45) is 2.11. The van der Waals surface area contributed by atoms with Crippen LogP contribution < -0.4 is 4.74 Å². The number of methoxy groups -OCH3 is 1. The van der Waals surface area contributed by atoms with Crippen molar-refractivity contribution in [1.29, 1.82) is 0 Å². The van der Waals surface area contributed by atoms with Crippen LogP contribution in [-0.4, -0.2) is 23.8 Å². The Hall–Kier alpha value is -1.39. The number of aliphatic hydroxyl groups is 1. The normalized spacial score (nSPS) is 16.6. The van der Waals surface area contributed by atoms with E-state index in [2.05, 4.69) is 10.4 Å². The summed E-state index contributed by atoms with van der Waals surface area (Å²) in [7, 11) is 1.66. The lowest BCUT2D eigenvalue weighted by Crippen LogP contribution is -2.11. The van der Waals surface area contributed by atoms with Gasteiger partial charge in [0.15, 0.2) is 0 Å². The van der Waals surface area contributed by atoms with Crippen LogP contribution in [0, 0.1) is 0 Å². The number of benzene rings is 1. The summed E-state index contributed by atoms with van der Waals surface area (Å²) in [6, 6.07) is 7.90. The standard InChI is InChI=1S/C14H15NO2S/c1-17-11-4-2-10(3-5-11)12-8-18-13(15-12)14(9-16)6-7-14/h2-5,8,16H,6-7,9H2,1H3. The van der Waals surface area contributed by atoms with E-state index < -0.39 is 0 Å². The highest BCUT2D eigenvalue weighted by Gasteiger charge is 2.46. The Morgan fingerprint density at radius 2 is 2.06 bits per heavy atom. The number of nitrogens with zero attached hydrogens (tertiary/aromatic N) is 1. The highest BCUT2D eigenvalue weighted by atomic mass is 32.1. The molecule has 1 N–H and O–H groups in total. The van der Waals surface area contributed by atoms with Crippen molar-refractivity contribution in [2.75, 3.05) is 13.7 Å². The van der Waals surface area contributed by atoms with Gasteiger partial charge in [-0.25, -0.2) is 4.98 Å². The topological polar surface area (TPSA) is 42.4 Å². The maximum atomic E-state index is 9.41. The second-order valence-corrected chi connectivity index (χ2v) is 5.56. The first-order valence-corrected chi connectivity index (χ1v) is 6.87. The Morgan fingerprint density at radius 1 is 1.33 bits per heavy atom. The van der Waals surface area contributed by atoms with Gasteiger partial charge >= 0.3 is 0 Å². The fourth-order valence-electron chi connectivity index (χ4n) is 2.00. The molecule has 94 valence electrons. The van der Waals surface area contributed by atoms with Gasteiger partial charge in [-0.3, -0.25) is 0 Å². The Labute approximate surface area is 110 Å². The van der Waals surface area contributed by atoms with E-state index in [-0.39, 0.29) is 12.0 Å². The molecule has 1 aliphatic carbocycles. The quantitative estimate of drug-likeness (QED) is 0.920. The van der Waals surface area contributed by atoms with Crippen molar-refractivity contribution >= 4 is 11.3 Å². The van der Waals surface area contributed by atoms with Crippen LogP contribution in [0.2, 0.25) is 0 Å². The van der Waals surface area contributed by atoms with Crippen LogP contribution in [-0.2, 0) is 5.41 Å². The minimum absolute atomic E-state index is 0.0324. The lowest BCUT2D eigenvalue weighted by molar-refractivity contribution is 0.255. The average Bonchev–Trinajstić information content (AvgIpc) is 3.08. The number of ether oxygens (including phenoxy) is 1. The molecule has 1 aromatic carbocycles. The second-order valence-electron chi connectivity index (χ2n) is 4.70. The zero-order valence-corrected chi connectivity index (χ0v) is 11.0. The van der Waals surface area contributed by atoms with Crippen LogP contribution in [0.1, 0.15) is 17.8 Å². The third-order valence-corrected chi connectivity index (χ3v) is 4.59. The number of hydrogen-bond acceptors (Lipinski definition) is 4. The Kier molecular flexibility index (Phi) is 2.84. The van der Waals surface area contributed by atoms with Gasteiger partial charge in [0.25, 0.3) is 0 Å². The fourth-order valence-corrected chi connectivity index (χ4v) is 3.08. The summed E-state index contributed by atoms with van der Waals surface area (Å²) >= 11 is 1.65. The SMILES string of the molecule is COc1ccc(-c2csc(C3(CO)CC3)n2)cc1. The Balaban J connectivity index is 1.88. The van der Waals surface area contributed by atoms with Crippen LogP contribution in [0.25, 0.3) is 11.3 Å². The van der Waals surface area contributed by atoms with Crippen molar-refractivity contribution in [2.45, 2.75) is 18.3 Å². The molecule has 0 saturated heterocycles. The smallest absolute Gasteiger partial charge is 0.118 e. The zero-order valence-electron chi connectivity index (χ0n) is 10.2. The van der Waals surface area contributed by atoms with Gasteiger partial charge in [0.1, 0.15) is 10.8 Å². The molecule has 3 rings (SSSR count). The van der Waals surface area contributed by atoms with Crippen molar-refractivity contribution in [2.24, 2.45) is 0 Å². The highest BCUT2D eigenvalue weighted by molar-refractivity contribution is 7.10. The van der Waals surface area contributed by atoms with E-state index in [9.17, 15) is 5.11 Å². The lowest BCUT2D eigenvalue weighted by Gasteiger charge is -2.06. The molecule has 0 atom stereocenters. The van der Waals surface area contributed by atoms with Gasteiger partial charge in [-0.2, -0.15) is 0 Å². The summed E-state index contributed by atoms with van der Waals surface area (Å²) in [5, 5.41) is 12.5. The minimum atomic E-state index is -0.0324. The molecular weight excluding hydrogens is 246 g/mol. The van der Waals surface area contributed by atoms with Crippen LogP contribution in [0.15, 0.2) is 29.6 Å². The van der Waals surface area contributed by atoms with E-state index in [1.165, 1.54) is 0 Å². The van der Waals surface area contributed by atoms with Crippen molar-refractivity contribution in [3.8, 4) is 17.0 Å². The maximum absolute atomic E-state index is 9.41. The number of hydrogen-bond donors (Lipinski definition) is 1. The zero-order chi connectivity index (χ0) is 12.6. The summed E-state index contributed by atoms with van der Waals surface area (Å²) in [5.74, 6) is 0.850. The predicted molar refractivity (Wildman–Crippen MR) is 72.1 cm³/mol. The van der Waals surface area contributed by atoms with Gasteiger partial charge in [-0.15, -0.1) is 11.3 Å². The van der Waals surface area contributed by atoms with Crippen LogP contribution in [0.5, 0.6) is 5.75 Å². The van der Waals surface area contributed by atoms with Crippen molar-refractivity contribution in [3.05, 3.63) is 34.7 Å². The molecule has 1 saturated carbocycles. The van der Waals surface area contributed by atoms with Gasteiger partial charge in [-0.1, -0.05) is 0 Å². The molecule has 0 unspecified atom stereocenters. The molecule has 0 aliphatic heterocycles. The number of rotatable bonds is 4. The van der Waals surface area contributed by atoms with Gasteiger partial charge in [0.05, 0.1) is 19.4 Å². The van der Waals surface area contributed by atoms with Crippen LogP contribution in [0.3, 0.4) is 0 Å². The van der Waals surface area contributed by atoms with Crippen molar-refractivity contribution in [1.82, 2.24) is 4.98 Å². The molecule has 0 spiro atoms. The lowest BCUT2D eigenvalue weighted by atomic mass is 10.1. The summed E-state index contributed by atoms with van der Waals surface area (Å²) < 4.78 is 5.14. The molecule has 1 aliphatic rings. The Morgan fingerprint density at radius 3 is 2.61 bits per heavy atom. The number of aromatic nitrogens is 1. The van der Waals surface area contributed by atoms with E-state index in [1.807, 2.05) is 24.3 Å². The van der Waals surface area contributed by atoms with Gasteiger partial charge in [-0.05, 0) is 37.1 Å². The molecule has 0 radical (unpaired) electrons. The summed E-state index contributed by atoms with van der Waals surface area (Å²) in [5.41, 5.74) is 2.04. The van der Waals surface area contributed by atoms with Gasteiger partial charge in [0.2, 0.25) is 0 Å². The van der Waals surface area contributed by atoms with E-state index in [4.69, 9.17) is 4.74 Å². The molecule has 0 amide bonds. The van der Waals surface area contributed by atoms with Crippen LogP contribution >= 0.6 is 11.3 Å². The van der Waals surface area contributed by atoms with Gasteiger partial charge < -0.3 is 9.84 Å². The molecule has 1 fully saturated rings. The van der Waals surface area contributed by atoms with Crippen LogP contribution in [0.4, 0.5) is 0 Å². The molecule has 4 heteroatoms. The van der Waals surface area contributed by atoms with E-state index >= 15 is 0 Å². The number of thiazole rings is 1. The average molecular weight is 261 g/mol. The van der Waals surface area contributed by atoms with E-state index in [0.29, 0.717) is 0 Å². The highest BCUT2D eigenvalue weighted by Crippen LogP contribution is 2.49. The fraction of sp³-hybridized carbons (Fsp3) is 0.357. The first-order chi connectivity index (χ1) is 8.77.